The number of nitrogens with zero attached hydrogens (tertiary/aromatic N) is 1. The minimum atomic E-state index is -0.737. The van der Waals surface area contributed by atoms with E-state index in [0.29, 0.717) is 45.9 Å². The lowest BCUT2D eigenvalue weighted by molar-refractivity contribution is -0.120. The van der Waals surface area contributed by atoms with Crippen molar-refractivity contribution in [1.29, 1.82) is 0 Å². The van der Waals surface area contributed by atoms with E-state index in [4.69, 9.17) is 27.6 Å². The van der Waals surface area contributed by atoms with Gasteiger partial charge in [-0.2, -0.15) is 11.3 Å². The van der Waals surface area contributed by atoms with E-state index < -0.39 is 6.10 Å². The first kappa shape index (κ1) is 19.9. The number of halogens is 2. The molecule has 0 fully saturated rings. The van der Waals surface area contributed by atoms with Crippen molar-refractivity contribution in [2.75, 3.05) is 6.54 Å². The molecule has 1 aromatic carbocycles. The van der Waals surface area contributed by atoms with Crippen molar-refractivity contribution >= 4 is 40.4 Å². The Bertz CT molecular complexity index is 925. The van der Waals surface area contributed by atoms with Gasteiger partial charge in [-0.05, 0) is 42.5 Å². The fraction of sp³-hybridized carbons (Fsp3) is 0.263. The minimum Gasteiger partial charge on any atom is -0.441 e. The van der Waals surface area contributed by atoms with Gasteiger partial charge in [0.25, 0.3) is 0 Å². The molecule has 0 aliphatic carbocycles. The predicted molar refractivity (Wildman–Crippen MR) is 107 cm³/mol. The summed E-state index contributed by atoms with van der Waals surface area (Å²) in [5.41, 5.74) is 2.17. The second-order valence-electron chi connectivity index (χ2n) is 6.04. The maximum Gasteiger partial charge on any atom is 0.227 e. The van der Waals surface area contributed by atoms with Gasteiger partial charge in [-0.15, -0.1) is 0 Å². The summed E-state index contributed by atoms with van der Waals surface area (Å²) in [5.74, 6) is 0.971. The van der Waals surface area contributed by atoms with Crippen LogP contribution in [0.3, 0.4) is 0 Å². The standard InChI is InChI=1S/C19H18Cl2N2O3S/c1-11-16(23-19(26-11)13-5-7-27-10-13)9-18(25)22-6-4-17(24)12-2-3-14(20)15(21)8-12/h2-3,5,7-8,10,17,24H,4,6,9H2,1H3,(H,22,25)/t17-/m0/s1. The van der Waals surface area contributed by atoms with Crippen molar-refractivity contribution in [3.63, 3.8) is 0 Å². The zero-order valence-electron chi connectivity index (χ0n) is 14.5. The number of carbonyl (C=O) groups is 1. The Hall–Kier alpha value is -1.86. The summed E-state index contributed by atoms with van der Waals surface area (Å²) in [6, 6.07) is 6.90. The highest BCUT2D eigenvalue weighted by atomic mass is 35.5. The molecule has 1 amide bonds. The third kappa shape index (κ3) is 5.11. The molecule has 8 heteroatoms. The topological polar surface area (TPSA) is 75.4 Å². The van der Waals surface area contributed by atoms with Crippen LogP contribution in [-0.4, -0.2) is 22.5 Å². The number of amides is 1. The van der Waals surface area contributed by atoms with Crippen LogP contribution in [0.1, 0.15) is 29.5 Å². The van der Waals surface area contributed by atoms with Gasteiger partial charge in [0.2, 0.25) is 11.8 Å². The molecular weight excluding hydrogens is 407 g/mol. The first-order chi connectivity index (χ1) is 12.9. The highest BCUT2D eigenvalue weighted by molar-refractivity contribution is 7.08. The normalized spacial score (nSPS) is 12.1. The number of aliphatic hydroxyl groups is 1. The number of hydrogen-bond acceptors (Lipinski definition) is 5. The molecule has 2 N–H and O–H groups in total. The lowest BCUT2D eigenvalue weighted by Crippen LogP contribution is -2.27. The number of rotatable bonds is 7. The Morgan fingerprint density at radius 2 is 2.15 bits per heavy atom. The summed E-state index contributed by atoms with van der Waals surface area (Å²) in [7, 11) is 0. The fourth-order valence-corrected chi connectivity index (χ4v) is 3.49. The van der Waals surface area contributed by atoms with Crippen molar-refractivity contribution < 1.29 is 14.3 Å². The molecule has 0 spiro atoms. The average Bonchev–Trinajstić information content (AvgIpc) is 3.27. The molecule has 142 valence electrons. The van der Waals surface area contributed by atoms with E-state index >= 15 is 0 Å². The van der Waals surface area contributed by atoms with E-state index in [1.165, 1.54) is 0 Å². The van der Waals surface area contributed by atoms with E-state index in [9.17, 15) is 9.90 Å². The predicted octanol–water partition coefficient (Wildman–Crippen LogP) is 4.80. The number of benzene rings is 1. The van der Waals surface area contributed by atoms with Crippen LogP contribution in [0.2, 0.25) is 10.0 Å². The number of aryl methyl sites for hydroxylation is 1. The average molecular weight is 425 g/mol. The lowest BCUT2D eigenvalue weighted by atomic mass is 10.1. The largest absolute Gasteiger partial charge is 0.441 e. The summed E-state index contributed by atoms with van der Waals surface area (Å²) in [6.07, 6.45) is -0.247. The molecule has 0 aliphatic rings. The second kappa shape index (κ2) is 8.89. The molecule has 0 radical (unpaired) electrons. The highest BCUT2D eigenvalue weighted by Gasteiger charge is 2.15. The maximum atomic E-state index is 12.2. The smallest absolute Gasteiger partial charge is 0.227 e. The van der Waals surface area contributed by atoms with Gasteiger partial charge < -0.3 is 14.8 Å². The van der Waals surface area contributed by atoms with Crippen molar-refractivity contribution in [3.05, 3.63) is 62.1 Å². The summed E-state index contributed by atoms with van der Waals surface area (Å²) >= 11 is 13.4. The molecule has 2 aromatic heterocycles. The van der Waals surface area contributed by atoms with Gasteiger partial charge in [-0.3, -0.25) is 4.79 Å². The summed E-state index contributed by atoms with van der Waals surface area (Å²) < 4.78 is 5.63. The molecule has 0 saturated carbocycles. The number of oxazole rings is 1. The minimum absolute atomic E-state index is 0.127. The monoisotopic (exact) mass is 424 g/mol. The molecule has 0 bridgehead atoms. The van der Waals surface area contributed by atoms with E-state index in [1.54, 1.807) is 36.5 Å². The van der Waals surface area contributed by atoms with Crippen LogP contribution in [0.5, 0.6) is 0 Å². The molecule has 0 aliphatic heterocycles. The third-order valence-electron chi connectivity index (χ3n) is 4.06. The molecule has 1 atom stereocenters. The Kier molecular flexibility index (Phi) is 6.55. The van der Waals surface area contributed by atoms with Crippen molar-refractivity contribution in [2.24, 2.45) is 0 Å². The Morgan fingerprint density at radius 1 is 1.33 bits per heavy atom. The van der Waals surface area contributed by atoms with Crippen molar-refractivity contribution in [2.45, 2.75) is 25.9 Å². The Balaban J connectivity index is 1.50. The molecule has 0 unspecified atom stereocenters. The molecule has 0 saturated heterocycles. The first-order valence-corrected chi connectivity index (χ1v) is 10.0. The van der Waals surface area contributed by atoms with Gasteiger partial charge >= 0.3 is 0 Å². The fourth-order valence-electron chi connectivity index (χ4n) is 2.55. The van der Waals surface area contributed by atoms with Gasteiger partial charge in [-0.1, -0.05) is 29.3 Å². The van der Waals surface area contributed by atoms with Gasteiger partial charge in [0.15, 0.2) is 0 Å². The maximum absolute atomic E-state index is 12.2. The molecule has 5 nitrogen and oxygen atoms in total. The zero-order chi connectivity index (χ0) is 19.4. The summed E-state index contributed by atoms with van der Waals surface area (Å²) in [5, 5.41) is 17.7. The van der Waals surface area contributed by atoms with E-state index in [0.717, 1.165) is 5.56 Å². The number of hydrogen-bond donors (Lipinski definition) is 2. The van der Waals surface area contributed by atoms with E-state index in [1.807, 2.05) is 16.8 Å². The van der Waals surface area contributed by atoms with Crippen LogP contribution in [0, 0.1) is 6.92 Å². The van der Waals surface area contributed by atoms with Gasteiger partial charge in [0, 0.05) is 17.5 Å². The van der Waals surface area contributed by atoms with E-state index in [-0.39, 0.29) is 12.3 Å². The lowest BCUT2D eigenvalue weighted by Gasteiger charge is -2.12. The van der Waals surface area contributed by atoms with Crippen LogP contribution in [-0.2, 0) is 11.2 Å². The summed E-state index contributed by atoms with van der Waals surface area (Å²) in [6.45, 7) is 2.12. The SMILES string of the molecule is Cc1oc(-c2ccsc2)nc1CC(=O)NCC[C@H](O)c1ccc(Cl)c(Cl)c1. The van der Waals surface area contributed by atoms with Crippen LogP contribution in [0.25, 0.3) is 11.5 Å². The van der Waals surface area contributed by atoms with Gasteiger partial charge in [0.05, 0.1) is 28.3 Å². The second-order valence-corrected chi connectivity index (χ2v) is 7.63. The first-order valence-electron chi connectivity index (χ1n) is 8.32. The summed E-state index contributed by atoms with van der Waals surface area (Å²) in [4.78, 5) is 16.6. The molecular formula is C19H18Cl2N2O3S. The van der Waals surface area contributed by atoms with Crippen LogP contribution < -0.4 is 5.32 Å². The number of aliphatic hydroxyl groups excluding tert-OH is 1. The van der Waals surface area contributed by atoms with Crippen LogP contribution in [0.15, 0.2) is 39.4 Å². The quantitative estimate of drug-likeness (QED) is 0.570. The number of carbonyl (C=O) groups excluding carboxylic acids is 1. The number of aromatic nitrogens is 1. The third-order valence-corrected chi connectivity index (χ3v) is 5.48. The number of nitrogens with one attached hydrogen (secondary N) is 1. The molecule has 2 heterocycles. The Morgan fingerprint density at radius 3 is 2.85 bits per heavy atom. The number of thiophene rings is 1. The van der Waals surface area contributed by atoms with Gasteiger partial charge in [0.1, 0.15) is 5.76 Å². The van der Waals surface area contributed by atoms with Crippen molar-refractivity contribution in [1.82, 2.24) is 10.3 Å². The zero-order valence-corrected chi connectivity index (χ0v) is 16.9. The highest BCUT2D eigenvalue weighted by Crippen LogP contribution is 2.27. The Labute approximate surface area is 171 Å². The van der Waals surface area contributed by atoms with Crippen LogP contribution in [0.4, 0.5) is 0 Å². The van der Waals surface area contributed by atoms with Crippen LogP contribution >= 0.6 is 34.5 Å². The van der Waals surface area contributed by atoms with Gasteiger partial charge in [-0.25, -0.2) is 4.98 Å². The van der Waals surface area contributed by atoms with Crippen molar-refractivity contribution in [3.8, 4) is 11.5 Å². The van der Waals surface area contributed by atoms with E-state index in [2.05, 4.69) is 10.3 Å². The molecule has 27 heavy (non-hydrogen) atoms. The molecule has 3 aromatic rings. The molecule has 3 rings (SSSR count).